The summed E-state index contributed by atoms with van der Waals surface area (Å²) in [6.07, 6.45) is 1.10. The number of anilines is 1. The van der Waals surface area contributed by atoms with Crippen LogP contribution in [0.4, 0.5) is 20.2 Å². The van der Waals surface area contributed by atoms with Crippen LogP contribution in [0.2, 0.25) is 0 Å². The number of hydrogen-bond donors (Lipinski definition) is 2. The second-order valence-electron chi connectivity index (χ2n) is 3.81. The first-order valence-electron chi connectivity index (χ1n) is 5.59. The smallest absolute Gasteiger partial charge is 0.296 e. The Kier molecular flexibility index (Phi) is 5.31. The number of unbranched alkanes of at least 4 members (excludes halogenated alkanes) is 1. The van der Waals surface area contributed by atoms with Crippen LogP contribution in [-0.4, -0.2) is 17.4 Å². The van der Waals surface area contributed by atoms with Gasteiger partial charge in [0.05, 0.1) is 4.92 Å². The van der Waals surface area contributed by atoms with Crippen molar-refractivity contribution in [2.45, 2.75) is 19.3 Å². The Balaban J connectivity index is 2.89. The maximum Gasteiger partial charge on any atom is 0.296 e. The third-order valence-electron chi connectivity index (χ3n) is 2.39. The number of benzene rings is 1. The number of nitro groups is 1. The molecule has 0 fully saturated rings. The van der Waals surface area contributed by atoms with E-state index in [0.29, 0.717) is 25.5 Å². The van der Waals surface area contributed by atoms with Crippen LogP contribution >= 0.6 is 0 Å². The first-order valence-corrected chi connectivity index (χ1v) is 5.59. The van der Waals surface area contributed by atoms with Crippen molar-refractivity contribution < 1.29 is 18.5 Å². The molecule has 19 heavy (non-hydrogen) atoms. The fraction of sp³-hybridized carbons (Fsp3) is 0.364. The molecule has 0 aliphatic carbocycles. The molecule has 0 radical (unpaired) electrons. The fourth-order valence-electron chi connectivity index (χ4n) is 1.44. The van der Waals surface area contributed by atoms with Crippen molar-refractivity contribution in [2.24, 2.45) is 5.73 Å². The Bertz CT molecular complexity index is 494. The quantitative estimate of drug-likeness (QED) is 0.470. The van der Waals surface area contributed by atoms with Crippen molar-refractivity contribution in [3.05, 3.63) is 33.9 Å². The summed E-state index contributed by atoms with van der Waals surface area (Å²) in [5.74, 6) is -3.33. The molecule has 8 heteroatoms. The van der Waals surface area contributed by atoms with Crippen LogP contribution < -0.4 is 11.1 Å². The van der Waals surface area contributed by atoms with E-state index in [-0.39, 0.29) is 6.42 Å². The van der Waals surface area contributed by atoms with Crippen LogP contribution in [0.25, 0.3) is 0 Å². The monoisotopic (exact) mass is 273 g/mol. The second kappa shape index (κ2) is 6.74. The molecule has 6 nitrogen and oxygen atoms in total. The largest absolute Gasteiger partial charge is 0.330 e. The molecule has 1 aromatic rings. The van der Waals surface area contributed by atoms with Crippen LogP contribution in [0.1, 0.15) is 19.3 Å². The summed E-state index contributed by atoms with van der Waals surface area (Å²) in [4.78, 5) is 21.2. The molecule has 1 amide bonds. The van der Waals surface area contributed by atoms with Gasteiger partial charge in [0.2, 0.25) is 5.91 Å². The average molecular weight is 273 g/mol. The molecule has 1 aromatic carbocycles. The van der Waals surface area contributed by atoms with E-state index in [1.807, 2.05) is 5.32 Å². The molecule has 0 unspecified atom stereocenters. The lowest BCUT2D eigenvalue weighted by atomic mass is 10.2. The van der Waals surface area contributed by atoms with Crippen molar-refractivity contribution >= 4 is 17.3 Å². The van der Waals surface area contributed by atoms with Crippen molar-refractivity contribution in [1.29, 1.82) is 0 Å². The topological polar surface area (TPSA) is 98.3 Å². The number of amides is 1. The summed E-state index contributed by atoms with van der Waals surface area (Å²) in [5.41, 5.74) is 3.81. The minimum absolute atomic E-state index is 0.0321. The minimum atomic E-state index is -1.44. The highest BCUT2D eigenvalue weighted by molar-refractivity contribution is 5.93. The van der Waals surface area contributed by atoms with Gasteiger partial charge in [0.15, 0.2) is 17.3 Å². The Labute approximate surface area is 107 Å². The Morgan fingerprint density at radius 3 is 2.63 bits per heavy atom. The standard InChI is InChI=1S/C11H13F2N3O3/c12-7-4-5-8(16(18)19)11(10(7)13)15-9(17)3-1-2-6-14/h4-5H,1-3,6,14H2,(H,15,17). The zero-order valence-corrected chi connectivity index (χ0v) is 9.99. The Morgan fingerprint density at radius 1 is 1.37 bits per heavy atom. The van der Waals surface area contributed by atoms with Crippen LogP contribution in [0.5, 0.6) is 0 Å². The van der Waals surface area contributed by atoms with Gasteiger partial charge in [-0.2, -0.15) is 0 Å². The molecule has 1 rings (SSSR count). The van der Waals surface area contributed by atoms with Crippen LogP contribution in [-0.2, 0) is 4.79 Å². The van der Waals surface area contributed by atoms with Gasteiger partial charge in [0.1, 0.15) is 0 Å². The minimum Gasteiger partial charge on any atom is -0.330 e. The molecule has 0 saturated carbocycles. The van der Waals surface area contributed by atoms with Gasteiger partial charge in [0.25, 0.3) is 5.69 Å². The van der Waals surface area contributed by atoms with E-state index in [4.69, 9.17) is 5.73 Å². The molecule has 0 aromatic heterocycles. The van der Waals surface area contributed by atoms with Crippen molar-refractivity contribution in [2.75, 3.05) is 11.9 Å². The molecule has 0 spiro atoms. The van der Waals surface area contributed by atoms with E-state index in [1.165, 1.54) is 0 Å². The summed E-state index contributed by atoms with van der Waals surface area (Å²) >= 11 is 0. The van der Waals surface area contributed by atoms with Gasteiger partial charge in [-0.15, -0.1) is 0 Å². The molecule has 0 bridgehead atoms. The molecule has 0 aliphatic rings. The van der Waals surface area contributed by atoms with Crippen LogP contribution in [0.3, 0.4) is 0 Å². The first kappa shape index (κ1) is 15.0. The maximum atomic E-state index is 13.5. The first-order chi connectivity index (χ1) is 8.97. The average Bonchev–Trinajstić information content (AvgIpc) is 2.35. The lowest BCUT2D eigenvalue weighted by Crippen LogP contribution is -2.15. The van der Waals surface area contributed by atoms with E-state index < -0.39 is 33.8 Å². The number of nitrogens with one attached hydrogen (secondary N) is 1. The number of nitrogens with two attached hydrogens (primary N) is 1. The van der Waals surface area contributed by atoms with Gasteiger partial charge in [-0.25, -0.2) is 8.78 Å². The number of nitrogens with zero attached hydrogens (tertiary/aromatic N) is 1. The second-order valence-corrected chi connectivity index (χ2v) is 3.81. The molecule has 0 heterocycles. The normalized spacial score (nSPS) is 10.3. The van der Waals surface area contributed by atoms with Gasteiger partial charge < -0.3 is 11.1 Å². The Hall–Kier alpha value is -2.09. The Morgan fingerprint density at radius 2 is 2.05 bits per heavy atom. The van der Waals surface area contributed by atoms with Crippen LogP contribution in [0, 0.1) is 21.7 Å². The summed E-state index contributed by atoms with van der Waals surface area (Å²) < 4.78 is 26.5. The lowest BCUT2D eigenvalue weighted by Gasteiger charge is -2.07. The van der Waals surface area contributed by atoms with E-state index >= 15 is 0 Å². The van der Waals surface area contributed by atoms with E-state index in [9.17, 15) is 23.7 Å². The van der Waals surface area contributed by atoms with E-state index in [1.54, 1.807) is 0 Å². The highest BCUT2D eigenvalue weighted by Crippen LogP contribution is 2.29. The number of carbonyl (C=O) groups excluding carboxylic acids is 1. The number of nitro benzene ring substituents is 1. The predicted octanol–water partition coefficient (Wildman–Crippen LogP) is 1.94. The molecular weight excluding hydrogens is 260 g/mol. The van der Waals surface area contributed by atoms with Gasteiger partial charge in [0, 0.05) is 12.5 Å². The lowest BCUT2D eigenvalue weighted by molar-refractivity contribution is -0.384. The van der Waals surface area contributed by atoms with Crippen LogP contribution in [0.15, 0.2) is 12.1 Å². The number of rotatable bonds is 6. The number of hydrogen-bond acceptors (Lipinski definition) is 4. The highest BCUT2D eigenvalue weighted by Gasteiger charge is 2.23. The van der Waals surface area contributed by atoms with Gasteiger partial charge in [-0.05, 0) is 25.5 Å². The molecule has 0 atom stereocenters. The fourth-order valence-corrected chi connectivity index (χ4v) is 1.44. The molecule has 0 saturated heterocycles. The van der Waals surface area contributed by atoms with Crippen molar-refractivity contribution in [3.8, 4) is 0 Å². The summed E-state index contributed by atoms with van der Waals surface area (Å²) in [6, 6.07) is 1.44. The van der Waals surface area contributed by atoms with E-state index in [2.05, 4.69) is 0 Å². The molecule has 104 valence electrons. The van der Waals surface area contributed by atoms with E-state index in [0.717, 1.165) is 6.07 Å². The zero-order chi connectivity index (χ0) is 14.4. The van der Waals surface area contributed by atoms with Gasteiger partial charge in [-0.1, -0.05) is 0 Å². The van der Waals surface area contributed by atoms with Gasteiger partial charge in [-0.3, -0.25) is 14.9 Å². The SMILES string of the molecule is NCCCCC(=O)Nc1c([N+](=O)[O-])ccc(F)c1F. The predicted molar refractivity (Wildman–Crippen MR) is 64.5 cm³/mol. The van der Waals surface area contributed by atoms with Crippen molar-refractivity contribution in [3.63, 3.8) is 0 Å². The zero-order valence-electron chi connectivity index (χ0n) is 9.99. The molecule has 0 aliphatic heterocycles. The molecule has 3 N–H and O–H groups in total. The molecular formula is C11H13F2N3O3. The highest BCUT2D eigenvalue weighted by atomic mass is 19.2. The summed E-state index contributed by atoms with van der Waals surface area (Å²) in [5, 5.41) is 12.7. The van der Waals surface area contributed by atoms with Crippen molar-refractivity contribution in [1.82, 2.24) is 0 Å². The third-order valence-corrected chi connectivity index (χ3v) is 2.39. The number of carbonyl (C=O) groups is 1. The third kappa shape index (κ3) is 3.95. The maximum absolute atomic E-state index is 13.5. The summed E-state index contributed by atoms with van der Waals surface area (Å²) in [6.45, 7) is 0.405. The van der Waals surface area contributed by atoms with Gasteiger partial charge >= 0.3 is 0 Å². The number of halogens is 2. The summed E-state index contributed by atoms with van der Waals surface area (Å²) in [7, 11) is 0.